The SMILES string of the molecule is O=C(NCc1cccnc1-c1cccs1)c1cc(-c2ccc(F)cc2)c[nH]1. The third kappa shape index (κ3) is 3.80. The Hall–Kier alpha value is -3.25. The summed E-state index contributed by atoms with van der Waals surface area (Å²) in [5.74, 6) is -0.491. The average Bonchev–Trinajstić information content (AvgIpc) is 3.39. The molecule has 0 unspecified atom stereocenters. The highest BCUT2D eigenvalue weighted by atomic mass is 32.1. The molecule has 0 fully saturated rings. The summed E-state index contributed by atoms with van der Waals surface area (Å²) in [4.78, 5) is 21.0. The Bertz CT molecular complexity index is 1060. The molecule has 134 valence electrons. The van der Waals surface area contributed by atoms with Crippen LogP contribution in [0.1, 0.15) is 16.1 Å². The number of aromatic amines is 1. The Morgan fingerprint density at radius 1 is 1.11 bits per heavy atom. The summed E-state index contributed by atoms with van der Waals surface area (Å²) >= 11 is 1.61. The number of benzene rings is 1. The fourth-order valence-electron chi connectivity index (χ4n) is 2.82. The lowest BCUT2D eigenvalue weighted by Gasteiger charge is -2.08. The summed E-state index contributed by atoms with van der Waals surface area (Å²) < 4.78 is 13.1. The van der Waals surface area contributed by atoms with Crippen molar-refractivity contribution >= 4 is 17.2 Å². The second-order valence-electron chi connectivity index (χ2n) is 5.98. The van der Waals surface area contributed by atoms with Gasteiger partial charge in [0.05, 0.1) is 10.6 Å². The minimum absolute atomic E-state index is 0.204. The van der Waals surface area contributed by atoms with E-state index in [1.54, 1.807) is 41.9 Å². The number of hydrogen-bond acceptors (Lipinski definition) is 3. The molecule has 0 radical (unpaired) electrons. The maximum atomic E-state index is 13.1. The number of aromatic nitrogens is 2. The Balaban J connectivity index is 1.47. The lowest BCUT2D eigenvalue weighted by Crippen LogP contribution is -2.23. The number of hydrogen-bond donors (Lipinski definition) is 2. The van der Waals surface area contributed by atoms with Gasteiger partial charge in [0.25, 0.3) is 5.91 Å². The fraction of sp³-hybridized carbons (Fsp3) is 0.0476. The first kappa shape index (κ1) is 17.2. The number of carbonyl (C=O) groups is 1. The Kier molecular flexibility index (Phi) is 4.80. The van der Waals surface area contributed by atoms with Gasteiger partial charge in [-0.1, -0.05) is 24.3 Å². The van der Waals surface area contributed by atoms with E-state index in [9.17, 15) is 9.18 Å². The van der Waals surface area contributed by atoms with E-state index in [1.165, 1.54) is 12.1 Å². The molecule has 27 heavy (non-hydrogen) atoms. The normalized spacial score (nSPS) is 10.7. The van der Waals surface area contributed by atoms with E-state index in [-0.39, 0.29) is 11.7 Å². The molecule has 0 bridgehead atoms. The predicted octanol–water partition coefficient (Wildman–Crippen LogP) is 4.87. The minimum Gasteiger partial charge on any atom is -0.357 e. The van der Waals surface area contributed by atoms with Gasteiger partial charge in [0, 0.05) is 18.9 Å². The molecule has 0 saturated heterocycles. The molecular formula is C21H16FN3OS. The number of pyridine rings is 1. The van der Waals surface area contributed by atoms with Crippen molar-refractivity contribution in [3.63, 3.8) is 0 Å². The molecule has 3 heterocycles. The van der Waals surface area contributed by atoms with Gasteiger partial charge in [-0.3, -0.25) is 9.78 Å². The highest BCUT2D eigenvalue weighted by Crippen LogP contribution is 2.26. The van der Waals surface area contributed by atoms with Gasteiger partial charge < -0.3 is 10.3 Å². The number of nitrogens with one attached hydrogen (secondary N) is 2. The standard InChI is InChI=1S/C21H16FN3OS/c22-17-7-5-14(6-8-17)16-11-18(24-13-16)21(26)25-12-15-3-1-9-23-20(15)19-4-2-10-27-19/h1-11,13,24H,12H2,(H,25,26). The number of nitrogens with zero attached hydrogens (tertiary/aromatic N) is 1. The van der Waals surface area contributed by atoms with Crippen molar-refractivity contribution in [2.45, 2.75) is 6.54 Å². The van der Waals surface area contributed by atoms with Crippen LogP contribution in [0.15, 0.2) is 72.4 Å². The van der Waals surface area contributed by atoms with Crippen LogP contribution in [0.4, 0.5) is 4.39 Å². The van der Waals surface area contributed by atoms with Crippen LogP contribution in [0.2, 0.25) is 0 Å². The topological polar surface area (TPSA) is 57.8 Å². The van der Waals surface area contributed by atoms with E-state index < -0.39 is 0 Å². The zero-order valence-electron chi connectivity index (χ0n) is 14.3. The average molecular weight is 377 g/mol. The van der Waals surface area contributed by atoms with Gasteiger partial charge in [-0.05, 0) is 52.4 Å². The molecule has 1 amide bonds. The molecule has 4 rings (SSSR count). The highest BCUT2D eigenvalue weighted by molar-refractivity contribution is 7.13. The molecule has 2 N–H and O–H groups in total. The zero-order chi connectivity index (χ0) is 18.6. The van der Waals surface area contributed by atoms with Crippen LogP contribution in [-0.2, 0) is 6.54 Å². The first-order chi connectivity index (χ1) is 13.2. The Morgan fingerprint density at radius 2 is 1.96 bits per heavy atom. The van der Waals surface area contributed by atoms with Gasteiger partial charge in [-0.15, -0.1) is 11.3 Å². The number of halogens is 1. The molecule has 4 aromatic rings. The summed E-state index contributed by atoms with van der Waals surface area (Å²) in [7, 11) is 0. The van der Waals surface area contributed by atoms with Gasteiger partial charge in [0.2, 0.25) is 0 Å². The maximum absolute atomic E-state index is 13.1. The van der Waals surface area contributed by atoms with E-state index in [4.69, 9.17) is 0 Å². The zero-order valence-corrected chi connectivity index (χ0v) is 15.1. The molecule has 0 aliphatic carbocycles. The second kappa shape index (κ2) is 7.55. The number of H-pyrrole nitrogens is 1. The van der Waals surface area contributed by atoms with Crippen LogP contribution in [0.5, 0.6) is 0 Å². The van der Waals surface area contributed by atoms with E-state index in [1.807, 2.05) is 29.6 Å². The number of amides is 1. The first-order valence-electron chi connectivity index (χ1n) is 8.41. The monoisotopic (exact) mass is 377 g/mol. The van der Waals surface area contributed by atoms with Crippen molar-refractivity contribution in [3.8, 4) is 21.7 Å². The third-order valence-electron chi connectivity index (χ3n) is 4.19. The molecule has 0 saturated carbocycles. The van der Waals surface area contributed by atoms with Gasteiger partial charge >= 0.3 is 0 Å². The summed E-state index contributed by atoms with van der Waals surface area (Å²) in [6.45, 7) is 0.380. The highest BCUT2D eigenvalue weighted by Gasteiger charge is 2.12. The largest absolute Gasteiger partial charge is 0.357 e. The molecule has 3 aromatic heterocycles. The summed E-state index contributed by atoms with van der Waals surface area (Å²) in [6.07, 6.45) is 3.49. The molecule has 0 atom stereocenters. The number of thiophene rings is 1. The van der Waals surface area contributed by atoms with Gasteiger partial charge in [0.1, 0.15) is 11.5 Å². The Morgan fingerprint density at radius 3 is 2.74 bits per heavy atom. The maximum Gasteiger partial charge on any atom is 0.267 e. The molecule has 0 spiro atoms. The van der Waals surface area contributed by atoms with Gasteiger partial charge in [-0.25, -0.2) is 4.39 Å². The van der Waals surface area contributed by atoms with Crippen LogP contribution >= 0.6 is 11.3 Å². The van der Waals surface area contributed by atoms with Crippen molar-refractivity contribution < 1.29 is 9.18 Å². The van der Waals surface area contributed by atoms with Gasteiger partial charge in [-0.2, -0.15) is 0 Å². The van der Waals surface area contributed by atoms with Crippen LogP contribution in [0.25, 0.3) is 21.7 Å². The molecule has 6 heteroatoms. The van der Waals surface area contributed by atoms with E-state index in [2.05, 4.69) is 15.3 Å². The van der Waals surface area contributed by atoms with Crippen molar-refractivity contribution in [2.24, 2.45) is 0 Å². The summed E-state index contributed by atoms with van der Waals surface area (Å²) in [5.41, 5.74) is 3.97. The lowest BCUT2D eigenvalue weighted by molar-refractivity contribution is 0.0946. The van der Waals surface area contributed by atoms with E-state index in [0.29, 0.717) is 12.2 Å². The molecule has 0 aliphatic rings. The Labute approximate surface area is 159 Å². The van der Waals surface area contributed by atoms with Crippen molar-refractivity contribution in [3.05, 3.63) is 89.4 Å². The minimum atomic E-state index is -0.287. The van der Waals surface area contributed by atoms with Crippen molar-refractivity contribution in [1.29, 1.82) is 0 Å². The molecule has 4 nitrogen and oxygen atoms in total. The molecule has 0 aliphatic heterocycles. The molecular weight excluding hydrogens is 361 g/mol. The summed E-state index contributed by atoms with van der Waals surface area (Å²) in [5, 5.41) is 4.93. The quantitative estimate of drug-likeness (QED) is 0.521. The van der Waals surface area contributed by atoms with E-state index >= 15 is 0 Å². The van der Waals surface area contributed by atoms with Crippen molar-refractivity contribution in [2.75, 3.05) is 0 Å². The summed E-state index contributed by atoms with van der Waals surface area (Å²) in [6, 6.07) is 15.7. The van der Waals surface area contributed by atoms with Crippen LogP contribution in [-0.4, -0.2) is 15.9 Å². The first-order valence-corrected chi connectivity index (χ1v) is 9.29. The van der Waals surface area contributed by atoms with Crippen LogP contribution in [0, 0.1) is 5.82 Å². The predicted molar refractivity (Wildman–Crippen MR) is 105 cm³/mol. The van der Waals surface area contributed by atoms with Crippen LogP contribution < -0.4 is 5.32 Å². The number of rotatable bonds is 5. The van der Waals surface area contributed by atoms with Gasteiger partial charge in [0.15, 0.2) is 0 Å². The number of carbonyl (C=O) groups excluding carboxylic acids is 1. The van der Waals surface area contributed by atoms with Crippen molar-refractivity contribution in [1.82, 2.24) is 15.3 Å². The lowest BCUT2D eigenvalue weighted by atomic mass is 10.1. The third-order valence-corrected chi connectivity index (χ3v) is 5.07. The van der Waals surface area contributed by atoms with Crippen LogP contribution in [0.3, 0.4) is 0 Å². The molecule has 1 aromatic carbocycles. The smallest absolute Gasteiger partial charge is 0.267 e. The fourth-order valence-corrected chi connectivity index (χ4v) is 3.58. The van der Waals surface area contributed by atoms with E-state index in [0.717, 1.165) is 27.3 Å². The second-order valence-corrected chi connectivity index (χ2v) is 6.93.